The van der Waals surface area contributed by atoms with Gasteiger partial charge in [-0.15, -0.1) is 0 Å². The second kappa shape index (κ2) is 7.70. The molecule has 1 aromatic rings. The zero-order valence-electron chi connectivity index (χ0n) is 13.8. The maximum absolute atomic E-state index is 9.92. The van der Waals surface area contributed by atoms with Crippen LogP contribution in [0, 0.1) is 5.92 Å². The molecule has 1 fully saturated rings. The first-order valence-electron chi connectivity index (χ1n) is 7.97. The minimum absolute atomic E-state index is 0.125. The zero-order valence-corrected chi connectivity index (χ0v) is 13.8. The summed E-state index contributed by atoms with van der Waals surface area (Å²) in [7, 11) is 3.31. The van der Waals surface area contributed by atoms with E-state index in [0.29, 0.717) is 5.92 Å². The number of aliphatic hydroxyl groups is 1. The van der Waals surface area contributed by atoms with E-state index in [-0.39, 0.29) is 12.1 Å². The first-order valence-corrected chi connectivity index (χ1v) is 7.97. The largest absolute Gasteiger partial charge is 0.497 e. The molecule has 0 aliphatic carbocycles. The van der Waals surface area contributed by atoms with E-state index in [0.717, 1.165) is 49.5 Å². The topological polar surface area (TPSA) is 68.0 Å². The van der Waals surface area contributed by atoms with E-state index in [1.54, 1.807) is 14.2 Å². The van der Waals surface area contributed by atoms with E-state index in [2.05, 4.69) is 4.90 Å². The molecule has 3 unspecified atom stereocenters. The van der Waals surface area contributed by atoms with Crippen LogP contribution in [0.2, 0.25) is 0 Å². The molecule has 1 aliphatic rings. The Morgan fingerprint density at radius 1 is 1.23 bits per heavy atom. The molecule has 0 bridgehead atoms. The summed E-state index contributed by atoms with van der Waals surface area (Å²) < 4.78 is 10.7. The van der Waals surface area contributed by atoms with Gasteiger partial charge in [-0.3, -0.25) is 0 Å². The predicted octanol–water partition coefficient (Wildman–Crippen LogP) is 2.02. The predicted molar refractivity (Wildman–Crippen MR) is 88.8 cm³/mol. The highest BCUT2D eigenvalue weighted by molar-refractivity contribution is 5.56. The van der Waals surface area contributed by atoms with Crippen LogP contribution < -0.4 is 20.1 Å². The normalized spacial score (nSPS) is 23.2. The van der Waals surface area contributed by atoms with Gasteiger partial charge in [0.2, 0.25) is 0 Å². The molecule has 0 saturated carbocycles. The maximum Gasteiger partial charge on any atom is 0.124 e. The monoisotopic (exact) mass is 308 g/mol. The van der Waals surface area contributed by atoms with Crippen LogP contribution in [0.3, 0.4) is 0 Å². The van der Waals surface area contributed by atoms with Crippen LogP contribution in [0.5, 0.6) is 11.5 Å². The summed E-state index contributed by atoms with van der Waals surface area (Å²) in [5.74, 6) is 1.97. The third kappa shape index (κ3) is 4.27. The molecule has 2 rings (SSSR count). The Hall–Kier alpha value is -1.46. The number of nitrogens with two attached hydrogens (primary N) is 1. The number of nitrogens with zero attached hydrogens (tertiary/aromatic N) is 1. The standard InChI is InChI=1S/C17H28N2O3/c1-4-15(20)6-12-5-13(18)11-19(10-12)14-7-16(21-2)9-17(8-14)22-3/h7-9,12-13,15,20H,4-6,10-11,18H2,1-3H3. The summed E-state index contributed by atoms with van der Waals surface area (Å²) >= 11 is 0. The van der Waals surface area contributed by atoms with E-state index < -0.39 is 0 Å². The number of aliphatic hydroxyl groups excluding tert-OH is 1. The Morgan fingerprint density at radius 2 is 1.86 bits per heavy atom. The van der Waals surface area contributed by atoms with Gasteiger partial charge >= 0.3 is 0 Å². The van der Waals surface area contributed by atoms with Crippen molar-refractivity contribution in [1.29, 1.82) is 0 Å². The minimum atomic E-state index is -0.239. The molecule has 0 amide bonds. The number of benzene rings is 1. The molecule has 0 spiro atoms. The van der Waals surface area contributed by atoms with Gasteiger partial charge in [0.05, 0.1) is 20.3 Å². The number of hydrogen-bond donors (Lipinski definition) is 2. The molecule has 1 aromatic carbocycles. The van der Waals surface area contributed by atoms with Crippen molar-refractivity contribution in [3.63, 3.8) is 0 Å². The molecule has 124 valence electrons. The molecule has 0 aromatic heterocycles. The van der Waals surface area contributed by atoms with Crippen molar-refractivity contribution in [1.82, 2.24) is 0 Å². The average molecular weight is 308 g/mol. The van der Waals surface area contributed by atoms with Gasteiger partial charge in [0.1, 0.15) is 11.5 Å². The zero-order chi connectivity index (χ0) is 16.1. The number of piperidine rings is 1. The van der Waals surface area contributed by atoms with Gasteiger partial charge in [-0.1, -0.05) is 6.92 Å². The van der Waals surface area contributed by atoms with Crippen LogP contribution in [0.1, 0.15) is 26.2 Å². The molecule has 1 saturated heterocycles. The van der Waals surface area contributed by atoms with Crippen molar-refractivity contribution >= 4 is 5.69 Å². The van der Waals surface area contributed by atoms with Crippen LogP contribution in [0.4, 0.5) is 5.69 Å². The highest BCUT2D eigenvalue weighted by Crippen LogP contribution is 2.32. The maximum atomic E-state index is 9.92. The smallest absolute Gasteiger partial charge is 0.124 e. The highest BCUT2D eigenvalue weighted by atomic mass is 16.5. The Labute approximate surface area is 133 Å². The van der Waals surface area contributed by atoms with Crippen molar-refractivity contribution in [3.05, 3.63) is 18.2 Å². The van der Waals surface area contributed by atoms with Gasteiger partial charge in [0.15, 0.2) is 0 Å². The summed E-state index contributed by atoms with van der Waals surface area (Å²) in [6, 6.07) is 6.01. The Balaban J connectivity index is 2.16. The number of ether oxygens (including phenoxy) is 2. The number of rotatable bonds is 6. The number of hydrogen-bond acceptors (Lipinski definition) is 5. The quantitative estimate of drug-likeness (QED) is 0.841. The first-order chi connectivity index (χ1) is 10.5. The molecular formula is C17H28N2O3. The Kier molecular flexibility index (Phi) is 5.91. The lowest BCUT2D eigenvalue weighted by atomic mass is 9.89. The summed E-state index contributed by atoms with van der Waals surface area (Å²) in [5.41, 5.74) is 7.28. The molecule has 1 heterocycles. The van der Waals surface area contributed by atoms with Crippen molar-refractivity contribution in [2.45, 2.75) is 38.3 Å². The number of anilines is 1. The van der Waals surface area contributed by atoms with Crippen LogP contribution in [0.25, 0.3) is 0 Å². The van der Waals surface area contributed by atoms with Gasteiger partial charge in [0.25, 0.3) is 0 Å². The van der Waals surface area contributed by atoms with Crippen LogP contribution in [-0.4, -0.2) is 44.6 Å². The SMILES string of the molecule is CCC(O)CC1CC(N)CN(c2cc(OC)cc(OC)c2)C1. The van der Waals surface area contributed by atoms with E-state index in [1.807, 2.05) is 25.1 Å². The first kappa shape index (κ1) is 16.9. The van der Waals surface area contributed by atoms with E-state index >= 15 is 0 Å². The van der Waals surface area contributed by atoms with E-state index in [9.17, 15) is 5.11 Å². The lowest BCUT2D eigenvalue weighted by Crippen LogP contribution is -2.47. The lowest BCUT2D eigenvalue weighted by molar-refractivity contribution is 0.131. The summed E-state index contributed by atoms with van der Waals surface area (Å²) in [5, 5.41) is 9.92. The number of methoxy groups -OCH3 is 2. The lowest BCUT2D eigenvalue weighted by Gasteiger charge is -2.38. The molecule has 1 aliphatic heterocycles. The van der Waals surface area contributed by atoms with Crippen molar-refractivity contribution < 1.29 is 14.6 Å². The third-order valence-corrected chi connectivity index (χ3v) is 4.35. The van der Waals surface area contributed by atoms with Crippen molar-refractivity contribution in [3.8, 4) is 11.5 Å². The van der Waals surface area contributed by atoms with E-state index in [4.69, 9.17) is 15.2 Å². The Morgan fingerprint density at radius 3 is 2.41 bits per heavy atom. The average Bonchev–Trinajstić information content (AvgIpc) is 2.53. The summed E-state index contributed by atoms with van der Waals surface area (Å²) in [6.07, 6.45) is 2.33. The molecule has 3 N–H and O–H groups in total. The van der Waals surface area contributed by atoms with Gasteiger partial charge < -0.3 is 25.2 Å². The van der Waals surface area contributed by atoms with Gasteiger partial charge in [-0.05, 0) is 25.2 Å². The molecule has 22 heavy (non-hydrogen) atoms. The van der Waals surface area contributed by atoms with Crippen molar-refractivity contribution in [2.75, 3.05) is 32.2 Å². The highest BCUT2D eigenvalue weighted by Gasteiger charge is 2.27. The molecular weight excluding hydrogens is 280 g/mol. The Bertz CT molecular complexity index is 459. The summed E-state index contributed by atoms with van der Waals surface area (Å²) in [6.45, 7) is 3.73. The van der Waals surface area contributed by atoms with Crippen LogP contribution in [0.15, 0.2) is 18.2 Å². The minimum Gasteiger partial charge on any atom is -0.497 e. The van der Waals surface area contributed by atoms with E-state index in [1.165, 1.54) is 0 Å². The molecule has 0 radical (unpaired) electrons. The van der Waals surface area contributed by atoms with Gasteiger partial charge in [-0.25, -0.2) is 0 Å². The van der Waals surface area contributed by atoms with Gasteiger partial charge in [-0.2, -0.15) is 0 Å². The van der Waals surface area contributed by atoms with Crippen molar-refractivity contribution in [2.24, 2.45) is 11.7 Å². The van der Waals surface area contributed by atoms with Crippen LogP contribution >= 0.6 is 0 Å². The third-order valence-electron chi connectivity index (χ3n) is 4.35. The van der Waals surface area contributed by atoms with Gasteiger partial charge in [0, 0.05) is 43.0 Å². The molecule has 5 nitrogen and oxygen atoms in total. The summed E-state index contributed by atoms with van der Waals surface area (Å²) in [4.78, 5) is 2.27. The second-order valence-electron chi connectivity index (χ2n) is 6.14. The fourth-order valence-electron chi connectivity index (χ4n) is 3.15. The second-order valence-corrected chi connectivity index (χ2v) is 6.14. The fraction of sp³-hybridized carbons (Fsp3) is 0.647. The molecule has 3 atom stereocenters. The van der Waals surface area contributed by atoms with Crippen LogP contribution in [-0.2, 0) is 0 Å². The fourth-order valence-corrected chi connectivity index (χ4v) is 3.15. The molecule has 5 heteroatoms.